The van der Waals surface area contributed by atoms with Crippen molar-refractivity contribution in [3.05, 3.63) is 54.4 Å². The topological polar surface area (TPSA) is 58.8 Å². The average Bonchev–Trinajstić information content (AvgIpc) is 2.59. The lowest BCUT2D eigenvalue weighted by Crippen LogP contribution is -1.96. The van der Waals surface area contributed by atoms with Crippen LogP contribution in [0.2, 0.25) is 0 Å². The quantitative estimate of drug-likeness (QED) is 0.568. The van der Waals surface area contributed by atoms with Crippen molar-refractivity contribution in [3.8, 4) is 23.2 Å². The van der Waals surface area contributed by atoms with Crippen LogP contribution in [0.5, 0.6) is 5.75 Å². The molecule has 4 nitrogen and oxygen atoms in total. The van der Waals surface area contributed by atoms with Gasteiger partial charge in [-0.25, -0.2) is 9.97 Å². The fourth-order valence-corrected chi connectivity index (χ4v) is 1.89. The number of nitrogens with zero attached hydrogens (tertiary/aromatic N) is 3. The summed E-state index contributed by atoms with van der Waals surface area (Å²) in [6.07, 6.45) is 11.0. The molecular formula is C18H19N3O. The number of ether oxygens (including phenoxy) is 1. The lowest BCUT2D eigenvalue weighted by Gasteiger charge is -2.04. The second-order valence-electron chi connectivity index (χ2n) is 4.86. The van der Waals surface area contributed by atoms with E-state index in [-0.39, 0.29) is 0 Å². The molecule has 0 saturated heterocycles. The summed E-state index contributed by atoms with van der Waals surface area (Å²) in [5, 5.41) is 8.78. The van der Waals surface area contributed by atoms with E-state index in [9.17, 15) is 0 Å². The zero-order valence-corrected chi connectivity index (χ0v) is 12.7. The molecule has 0 radical (unpaired) electrons. The van der Waals surface area contributed by atoms with Gasteiger partial charge >= 0.3 is 0 Å². The number of hydrogen-bond acceptors (Lipinski definition) is 4. The molecule has 4 heteroatoms. The van der Waals surface area contributed by atoms with Crippen LogP contribution < -0.4 is 4.74 Å². The Bertz CT molecular complexity index is 640. The summed E-state index contributed by atoms with van der Waals surface area (Å²) in [7, 11) is 0. The van der Waals surface area contributed by atoms with Gasteiger partial charge in [0.15, 0.2) is 11.6 Å². The Labute approximate surface area is 131 Å². The van der Waals surface area contributed by atoms with Crippen molar-refractivity contribution in [1.29, 1.82) is 5.26 Å². The highest BCUT2D eigenvalue weighted by Gasteiger charge is 2.02. The molecule has 0 bridgehead atoms. The summed E-state index contributed by atoms with van der Waals surface area (Å²) in [6, 6.07) is 9.27. The number of benzene rings is 1. The monoisotopic (exact) mass is 293 g/mol. The molecule has 1 heterocycles. The smallest absolute Gasteiger partial charge is 0.159 e. The maximum Gasteiger partial charge on any atom is 0.159 e. The molecule has 22 heavy (non-hydrogen) atoms. The van der Waals surface area contributed by atoms with E-state index in [0.717, 1.165) is 12.0 Å². The minimum atomic E-state index is 0.531. The molecule has 2 aromatic rings. The highest BCUT2D eigenvalue weighted by Crippen LogP contribution is 2.17. The van der Waals surface area contributed by atoms with Gasteiger partial charge in [-0.3, -0.25) is 0 Å². The number of unbranched alkanes of at least 4 members (excludes halogenated alkanes) is 2. The van der Waals surface area contributed by atoms with Crippen molar-refractivity contribution in [1.82, 2.24) is 9.97 Å². The van der Waals surface area contributed by atoms with Crippen molar-refractivity contribution in [2.45, 2.75) is 26.2 Å². The standard InChI is InChI=1S/C18H19N3O/c1-2-3-4-5-6-11-22-17-13-20-18(21-14-17)16-9-7-15(12-19)8-10-16/h5-10,13-14H,2-4,11H2,1H3/b6-5+. The van der Waals surface area contributed by atoms with Crippen LogP contribution in [0, 0.1) is 11.3 Å². The number of allylic oxidation sites excluding steroid dienone is 1. The van der Waals surface area contributed by atoms with Gasteiger partial charge in [-0.15, -0.1) is 0 Å². The zero-order chi connectivity index (χ0) is 15.6. The molecule has 0 unspecified atom stereocenters. The normalized spacial score (nSPS) is 10.5. The molecule has 0 N–H and O–H groups in total. The van der Waals surface area contributed by atoms with Gasteiger partial charge in [0, 0.05) is 5.56 Å². The highest BCUT2D eigenvalue weighted by molar-refractivity contribution is 5.56. The SMILES string of the molecule is CCCC/C=C/COc1cnc(-c2ccc(C#N)cc2)nc1. The first-order chi connectivity index (χ1) is 10.8. The third-order valence-electron chi connectivity index (χ3n) is 3.14. The lowest BCUT2D eigenvalue weighted by atomic mass is 10.1. The summed E-state index contributed by atoms with van der Waals surface area (Å²) in [6.45, 7) is 2.71. The summed E-state index contributed by atoms with van der Waals surface area (Å²) in [5.41, 5.74) is 1.50. The predicted octanol–water partition coefficient (Wildman–Crippen LogP) is 4.14. The van der Waals surface area contributed by atoms with Crippen LogP contribution in [-0.2, 0) is 0 Å². The molecule has 0 atom stereocenters. The van der Waals surface area contributed by atoms with Crippen molar-refractivity contribution in [2.24, 2.45) is 0 Å². The van der Waals surface area contributed by atoms with Gasteiger partial charge in [0.1, 0.15) is 6.61 Å². The summed E-state index contributed by atoms with van der Waals surface area (Å²) in [4.78, 5) is 8.58. The maximum atomic E-state index is 8.78. The second-order valence-corrected chi connectivity index (χ2v) is 4.86. The molecule has 0 saturated carbocycles. The van der Waals surface area contributed by atoms with Gasteiger partial charge in [0.05, 0.1) is 24.0 Å². The third kappa shape index (κ3) is 4.71. The van der Waals surface area contributed by atoms with E-state index in [1.54, 1.807) is 24.5 Å². The van der Waals surface area contributed by atoms with E-state index < -0.39 is 0 Å². The Morgan fingerprint density at radius 3 is 2.50 bits per heavy atom. The summed E-state index contributed by atoms with van der Waals surface area (Å²) in [5.74, 6) is 1.27. The van der Waals surface area contributed by atoms with Crippen molar-refractivity contribution < 1.29 is 4.74 Å². The van der Waals surface area contributed by atoms with Crippen LogP contribution in [0.15, 0.2) is 48.8 Å². The molecule has 0 aliphatic carbocycles. The van der Waals surface area contributed by atoms with Gasteiger partial charge in [-0.1, -0.05) is 31.9 Å². The van der Waals surface area contributed by atoms with E-state index in [1.165, 1.54) is 12.8 Å². The van der Waals surface area contributed by atoms with Crippen LogP contribution >= 0.6 is 0 Å². The second kappa shape index (κ2) is 8.58. The van der Waals surface area contributed by atoms with Crippen molar-refractivity contribution in [3.63, 3.8) is 0 Å². The first-order valence-corrected chi connectivity index (χ1v) is 7.44. The first-order valence-electron chi connectivity index (χ1n) is 7.44. The maximum absolute atomic E-state index is 8.78. The molecular weight excluding hydrogens is 274 g/mol. The van der Waals surface area contributed by atoms with E-state index >= 15 is 0 Å². The summed E-state index contributed by atoms with van der Waals surface area (Å²) >= 11 is 0. The van der Waals surface area contributed by atoms with Crippen LogP contribution in [0.25, 0.3) is 11.4 Å². The Balaban J connectivity index is 1.89. The van der Waals surface area contributed by atoms with Crippen LogP contribution in [0.1, 0.15) is 31.7 Å². The van der Waals surface area contributed by atoms with E-state index in [2.05, 4.69) is 29.0 Å². The van der Waals surface area contributed by atoms with Crippen LogP contribution in [0.3, 0.4) is 0 Å². The molecule has 0 spiro atoms. The average molecular weight is 293 g/mol. The van der Waals surface area contributed by atoms with Gasteiger partial charge in [0.2, 0.25) is 0 Å². The molecule has 1 aromatic heterocycles. The number of hydrogen-bond donors (Lipinski definition) is 0. The first kappa shape index (κ1) is 15.7. The Kier molecular flexibility index (Phi) is 6.13. The zero-order valence-electron chi connectivity index (χ0n) is 12.7. The number of nitriles is 1. The molecule has 2 rings (SSSR count). The molecule has 0 aliphatic heterocycles. The van der Waals surface area contributed by atoms with E-state index in [1.807, 2.05) is 18.2 Å². The number of rotatable bonds is 7. The van der Waals surface area contributed by atoms with Crippen LogP contribution in [0.4, 0.5) is 0 Å². The van der Waals surface area contributed by atoms with Crippen molar-refractivity contribution in [2.75, 3.05) is 6.61 Å². The molecule has 0 amide bonds. The van der Waals surface area contributed by atoms with E-state index in [0.29, 0.717) is 23.7 Å². The van der Waals surface area contributed by atoms with Gasteiger partial charge in [-0.2, -0.15) is 5.26 Å². The predicted molar refractivity (Wildman–Crippen MR) is 86.3 cm³/mol. The number of aromatic nitrogens is 2. The Morgan fingerprint density at radius 2 is 1.86 bits per heavy atom. The lowest BCUT2D eigenvalue weighted by molar-refractivity contribution is 0.359. The summed E-state index contributed by atoms with van der Waals surface area (Å²) < 4.78 is 5.56. The minimum absolute atomic E-state index is 0.531. The van der Waals surface area contributed by atoms with E-state index in [4.69, 9.17) is 10.00 Å². The van der Waals surface area contributed by atoms with Crippen LogP contribution in [-0.4, -0.2) is 16.6 Å². The minimum Gasteiger partial charge on any atom is -0.486 e. The Morgan fingerprint density at radius 1 is 1.14 bits per heavy atom. The molecule has 0 fully saturated rings. The van der Waals surface area contributed by atoms with Gasteiger partial charge in [0.25, 0.3) is 0 Å². The molecule has 112 valence electrons. The largest absolute Gasteiger partial charge is 0.486 e. The highest BCUT2D eigenvalue weighted by atomic mass is 16.5. The van der Waals surface area contributed by atoms with Gasteiger partial charge < -0.3 is 4.74 Å². The fraction of sp³-hybridized carbons (Fsp3) is 0.278. The van der Waals surface area contributed by atoms with Gasteiger partial charge in [-0.05, 0) is 30.7 Å². The molecule has 1 aromatic carbocycles. The Hall–Kier alpha value is -2.67. The third-order valence-corrected chi connectivity index (χ3v) is 3.14. The van der Waals surface area contributed by atoms with Crippen molar-refractivity contribution >= 4 is 0 Å². The molecule has 0 aliphatic rings. The fourth-order valence-electron chi connectivity index (χ4n) is 1.89.